The molecule has 2 aliphatic carbocycles. The average Bonchev–Trinajstić information content (AvgIpc) is 2.73. The van der Waals surface area contributed by atoms with E-state index in [2.05, 4.69) is 24.3 Å². The molecule has 0 amide bonds. The lowest BCUT2D eigenvalue weighted by Crippen LogP contribution is -2.17. The van der Waals surface area contributed by atoms with E-state index in [4.69, 9.17) is 4.74 Å². The molecule has 2 N–H and O–H groups in total. The number of carbonyl (C=O) groups is 1. The zero-order valence-electron chi connectivity index (χ0n) is 15.7. The van der Waals surface area contributed by atoms with E-state index in [0.717, 1.165) is 39.3 Å². The van der Waals surface area contributed by atoms with Crippen LogP contribution in [0.4, 0.5) is 0 Å². The van der Waals surface area contributed by atoms with Crippen LogP contribution in [0.15, 0.2) is 72.2 Å². The summed E-state index contributed by atoms with van der Waals surface area (Å²) in [5.41, 5.74) is 4.63. The number of aliphatic hydroxyl groups excluding tert-OH is 2. The van der Waals surface area contributed by atoms with E-state index < -0.39 is 0 Å². The number of fused-ring (bicyclic) bond motifs is 1. The predicted octanol–water partition coefficient (Wildman–Crippen LogP) is 5.27. The Labute approximate surface area is 163 Å². The summed E-state index contributed by atoms with van der Waals surface area (Å²) in [4.78, 5) is 12.0. The standard InChI is InChI=1S/C24H22O4/c1-28-23-13-17(9-11-22(23)27)20-7-3-5-15-4-2-6-19(24(15)20)16-8-10-21(26)18(12-16)14-25/h2-7,9,11-12,14,23,25,27H,8,10,13H2,1H3/t23-/m1/s1. The molecule has 0 saturated carbocycles. The number of methoxy groups -OCH3 is 1. The Bertz CT molecular complexity index is 1060. The monoisotopic (exact) mass is 374 g/mol. The lowest BCUT2D eigenvalue weighted by atomic mass is 9.84. The van der Waals surface area contributed by atoms with Crippen LogP contribution < -0.4 is 0 Å². The molecule has 0 fully saturated rings. The van der Waals surface area contributed by atoms with Gasteiger partial charge >= 0.3 is 0 Å². The Kier molecular flexibility index (Phi) is 4.88. The van der Waals surface area contributed by atoms with Gasteiger partial charge in [0.25, 0.3) is 0 Å². The van der Waals surface area contributed by atoms with E-state index >= 15 is 0 Å². The predicted molar refractivity (Wildman–Crippen MR) is 111 cm³/mol. The van der Waals surface area contributed by atoms with Crippen LogP contribution in [0.25, 0.3) is 21.9 Å². The van der Waals surface area contributed by atoms with Crippen molar-refractivity contribution < 1.29 is 19.7 Å². The van der Waals surface area contributed by atoms with Crippen molar-refractivity contribution in [3.63, 3.8) is 0 Å². The molecule has 2 aliphatic rings. The Hall–Kier alpha value is -3.11. The van der Waals surface area contributed by atoms with Crippen LogP contribution >= 0.6 is 0 Å². The summed E-state index contributed by atoms with van der Waals surface area (Å²) in [7, 11) is 1.60. The van der Waals surface area contributed by atoms with Gasteiger partial charge in [-0.2, -0.15) is 0 Å². The molecule has 2 aromatic rings. The first kappa shape index (κ1) is 18.3. The van der Waals surface area contributed by atoms with Crippen LogP contribution in [0.5, 0.6) is 0 Å². The highest BCUT2D eigenvalue weighted by Gasteiger charge is 2.23. The van der Waals surface area contributed by atoms with Crippen LogP contribution in [0.3, 0.4) is 0 Å². The van der Waals surface area contributed by atoms with Gasteiger partial charge < -0.3 is 14.9 Å². The number of allylic oxidation sites excluding steroid dienone is 5. The van der Waals surface area contributed by atoms with Crippen molar-refractivity contribution in [3.8, 4) is 0 Å². The van der Waals surface area contributed by atoms with Crippen LogP contribution in [-0.4, -0.2) is 29.2 Å². The molecule has 0 aliphatic heterocycles. The Morgan fingerprint density at radius 3 is 2.43 bits per heavy atom. The minimum Gasteiger partial charge on any atom is -0.515 e. The lowest BCUT2D eigenvalue weighted by molar-refractivity contribution is -0.115. The first-order valence-corrected chi connectivity index (χ1v) is 9.35. The van der Waals surface area contributed by atoms with Crippen molar-refractivity contribution in [1.82, 2.24) is 0 Å². The molecule has 4 heteroatoms. The van der Waals surface area contributed by atoms with Gasteiger partial charge in [0.15, 0.2) is 5.78 Å². The normalized spacial score (nSPS) is 21.5. The second-order valence-electron chi connectivity index (χ2n) is 7.10. The van der Waals surface area contributed by atoms with Crippen LogP contribution in [0, 0.1) is 0 Å². The number of Topliss-reactive ketones (excluding diaryl/α,β-unsaturated/α-hetero) is 1. The Morgan fingerprint density at radius 1 is 1.04 bits per heavy atom. The van der Waals surface area contributed by atoms with Gasteiger partial charge in [-0.05, 0) is 51.6 Å². The van der Waals surface area contributed by atoms with Gasteiger partial charge in [-0.25, -0.2) is 0 Å². The molecule has 0 spiro atoms. The highest BCUT2D eigenvalue weighted by molar-refractivity contribution is 6.07. The fraction of sp³-hybridized carbons (Fsp3) is 0.208. The van der Waals surface area contributed by atoms with Gasteiger partial charge in [0.05, 0.1) is 11.8 Å². The molecule has 1 atom stereocenters. The maximum Gasteiger partial charge on any atom is 0.166 e. The maximum absolute atomic E-state index is 12.0. The first-order chi connectivity index (χ1) is 13.6. The van der Waals surface area contributed by atoms with Gasteiger partial charge in [0, 0.05) is 20.0 Å². The van der Waals surface area contributed by atoms with Gasteiger partial charge in [-0.15, -0.1) is 0 Å². The van der Waals surface area contributed by atoms with Gasteiger partial charge in [-0.3, -0.25) is 4.79 Å². The van der Waals surface area contributed by atoms with Crippen LogP contribution in [-0.2, 0) is 9.53 Å². The van der Waals surface area contributed by atoms with E-state index in [9.17, 15) is 15.0 Å². The van der Waals surface area contributed by atoms with Crippen LogP contribution in [0.2, 0.25) is 0 Å². The third kappa shape index (κ3) is 3.16. The molecular formula is C24H22O4. The van der Waals surface area contributed by atoms with Gasteiger partial charge in [-0.1, -0.05) is 42.5 Å². The zero-order chi connectivity index (χ0) is 19.7. The minimum atomic E-state index is -0.349. The number of hydrogen-bond acceptors (Lipinski definition) is 4. The molecule has 142 valence electrons. The minimum absolute atomic E-state index is 0.0368. The van der Waals surface area contributed by atoms with E-state index in [1.807, 2.05) is 18.2 Å². The van der Waals surface area contributed by atoms with Crippen LogP contribution in [0.1, 0.15) is 30.4 Å². The fourth-order valence-electron chi connectivity index (χ4n) is 4.00. The molecule has 0 aromatic heterocycles. The summed E-state index contributed by atoms with van der Waals surface area (Å²) < 4.78 is 5.41. The summed E-state index contributed by atoms with van der Waals surface area (Å²) in [6, 6.07) is 12.3. The summed E-state index contributed by atoms with van der Waals surface area (Å²) in [5.74, 6) is 0.197. The molecule has 0 radical (unpaired) electrons. The summed E-state index contributed by atoms with van der Waals surface area (Å²) in [6.45, 7) is 0. The Balaban J connectivity index is 1.90. The number of benzene rings is 2. The van der Waals surface area contributed by atoms with Crippen molar-refractivity contribution in [2.75, 3.05) is 7.11 Å². The van der Waals surface area contributed by atoms with Crippen molar-refractivity contribution in [3.05, 3.63) is 83.3 Å². The highest BCUT2D eigenvalue weighted by atomic mass is 16.5. The Morgan fingerprint density at radius 2 is 1.75 bits per heavy atom. The lowest BCUT2D eigenvalue weighted by Gasteiger charge is -2.23. The third-order valence-electron chi connectivity index (χ3n) is 5.48. The second kappa shape index (κ2) is 7.49. The van der Waals surface area contributed by atoms with E-state index in [1.165, 1.54) is 0 Å². The van der Waals surface area contributed by atoms with E-state index in [-0.39, 0.29) is 17.6 Å². The van der Waals surface area contributed by atoms with Crippen molar-refractivity contribution in [2.45, 2.75) is 25.4 Å². The topological polar surface area (TPSA) is 66.8 Å². The SMILES string of the molecule is CO[C@@H]1CC(c2cccc3cccc(C4=CC(=CO)C(=O)CC4)c23)=CC=C1O. The molecule has 0 heterocycles. The second-order valence-corrected chi connectivity index (χ2v) is 7.10. The number of aliphatic hydroxyl groups is 2. The number of hydrogen-bond donors (Lipinski definition) is 2. The number of carbonyl (C=O) groups excluding carboxylic acids is 1. The van der Waals surface area contributed by atoms with Crippen molar-refractivity contribution in [1.29, 1.82) is 0 Å². The molecule has 0 unspecified atom stereocenters. The number of ether oxygens (including phenoxy) is 1. The highest BCUT2D eigenvalue weighted by Crippen LogP contribution is 2.38. The van der Waals surface area contributed by atoms with Crippen molar-refractivity contribution in [2.24, 2.45) is 0 Å². The third-order valence-corrected chi connectivity index (χ3v) is 5.48. The molecule has 2 aromatic carbocycles. The number of rotatable bonds is 3. The molecule has 28 heavy (non-hydrogen) atoms. The van der Waals surface area contributed by atoms with E-state index in [0.29, 0.717) is 24.8 Å². The quantitative estimate of drug-likeness (QED) is 0.567. The van der Waals surface area contributed by atoms with Gasteiger partial charge in [0.2, 0.25) is 0 Å². The molecular weight excluding hydrogens is 352 g/mol. The van der Waals surface area contributed by atoms with E-state index in [1.54, 1.807) is 19.3 Å². The molecule has 0 bridgehead atoms. The molecule has 4 nitrogen and oxygen atoms in total. The summed E-state index contributed by atoms with van der Waals surface area (Å²) >= 11 is 0. The maximum atomic E-state index is 12.0. The average molecular weight is 374 g/mol. The zero-order valence-corrected chi connectivity index (χ0v) is 15.7. The van der Waals surface area contributed by atoms with Gasteiger partial charge in [0.1, 0.15) is 11.9 Å². The summed E-state index contributed by atoms with van der Waals surface area (Å²) in [6.07, 6.45) is 7.59. The fourth-order valence-corrected chi connectivity index (χ4v) is 4.00. The number of ketones is 1. The molecule has 0 saturated heterocycles. The molecule has 4 rings (SSSR count). The van der Waals surface area contributed by atoms with Crippen molar-refractivity contribution >= 4 is 27.7 Å². The smallest absolute Gasteiger partial charge is 0.166 e. The first-order valence-electron chi connectivity index (χ1n) is 9.35. The summed E-state index contributed by atoms with van der Waals surface area (Å²) in [5, 5.41) is 21.6. The largest absolute Gasteiger partial charge is 0.515 e.